The van der Waals surface area contributed by atoms with Crippen LogP contribution in [0.4, 0.5) is 5.69 Å². The maximum Gasteiger partial charge on any atom is 0.227 e. The summed E-state index contributed by atoms with van der Waals surface area (Å²) in [6.45, 7) is 0. The monoisotopic (exact) mass is 389 g/mol. The van der Waals surface area contributed by atoms with Gasteiger partial charge in [-0.2, -0.15) is 0 Å². The normalized spacial score (nSPS) is 13.6. The largest absolute Gasteiger partial charge is 0.326 e. The Kier molecular flexibility index (Phi) is 5.18. The fourth-order valence-corrected chi connectivity index (χ4v) is 3.24. The molecule has 2 aromatic rings. The van der Waals surface area contributed by atoms with Gasteiger partial charge in [0.1, 0.15) is 0 Å². The van der Waals surface area contributed by atoms with Crippen molar-refractivity contribution in [2.75, 3.05) is 11.1 Å². The number of rotatable bonds is 6. The van der Waals surface area contributed by atoms with Crippen LogP contribution < -0.4 is 5.32 Å². The molecule has 1 fully saturated rings. The fourth-order valence-electron chi connectivity index (χ4n) is 2.12. The Balaban J connectivity index is 1.58. The number of anilines is 1. The number of ketones is 1. The highest BCUT2D eigenvalue weighted by Gasteiger charge is 2.29. The number of hydrogen-bond acceptors (Lipinski definition) is 3. The van der Waals surface area contributed by atoms with Crippen LogP contribution >= 0.6 is 27.7 Å². The minimum absolute atomic E-state index is 0.0925. The molecule has 0 unspecified atom stereocenters. The zero-order valence-corrected chi connectivity index (χ0v) is 14.8. The molecule has 3 nitrogen and oxygen atoms in total. The van der Waals surface area contributed by atoms with Crippen molar-refractivity contribution in [1.29, 1.82) is 0 Å². The molecule has 1 aliphatic rings. The van der Waals surface area contributed by atoms with Crippen molar-refractivity contribution < 1.29 is 9.59 Å². The van der Waals surface area contributed by atoms with Crippen molar-refractivity contribution in [3.05, 3.63) is 58.6 Å². The highest BCUT2D eigenvalue weighted by Crippen LogP contribution is 2.31. The average molecular weight is 390 g/mol. The van der Waals surface area contributed by atoms with Gasteiger partial charge in [0, 0.05) is 26.5 Å². The first-order chi connectivity index (χ1) is 11.1. The number of thioether (sulfide) groups is 1. The molecule has 0 atom stereocenters. The molecule has 3 rings (SSSR count). The Hall–Kier alpha value is -1.59. The molecule has 23 heavy (non-hydrogen) atoms. The van der Waals surface area contributed by atoms with Crippen LogP contribution in [0.5, 0.6) is 0 Å². The van der Waals surface area contributed by atoms with Gasteiger partial charge in [0.05, 0.1) is 5.75 Å². The summed E-state index contributed by atoms with van der Waals surface area (Å²) in [5.74, 6) is 0.750. The second-order valence-corrected chi connectivity index (χ2v) is 7.47. The van der Waals surface area contributed by atoms with Gasteiger partial charge in [-0.1, -0.05) is 34.1 Å². The van der Waals surface area contributed by atoms with Gasteiger partial charge in [0.15, 0.2) is 5.78 Å². The minimum Gasteiger partial charge on any atom is -0.326 e. The Labute approximate surface area is 148 Å². The van der Waals surface area contributed by atoms with Crippen molar-refractivity contribution in [2.45, 2.75) is 17.7 Å². The van der Waals surface area contributed by atoms with Gasteiger partial charge in [0.2, 0.25) is 5.91 Å². The Bertz CT molecular complexity index is 726. The number of nitrogens with one attached hydrogen (secondary N) is 1. The molecule has 1 aliphatic carbocycles. The van der Waals surface area contributed by atoms with E-state index in [0.717, 1.165) is 27.9 Å². The SMILES string of the molecule is O=C(CSc1cccc(NC(=O)C2CC2)c1)c1ccc(Br)cc1. The zero-order valence-electron chi connectivity index (χ0n) is 12.4. The Morgan fingerprint density at radius 3 is 2.57 bits per heavy atom. The Morgan fingerprint density at radius 1 is 1.13 bits per heavy atom. The van der Waals surface area contributed by atoms with E-state index in [1.807, 2.05) is 48.5 Å². The van der Waals surface area contributed by atoms with Gasteiger partial charge < -0.3 is 5.32 Å². The first-order valence-corrected chi connectivity index (χ1v) is 9.22. The van der Waals surface area contributed by atoms with E-state index in [2.05, 4.69) is 21.2 Å². The van der Waals surface area contributed by atoms with Crippen LogP contribution in [0.15, 0.2) is 57.9 Å². The van der Waals surface area contributed by atoms with Crippen LogP contribution in [0, 0.1) is 5.92 Å². The molecule has 5 heteroatoms. The van der Waals surface area contributed by atoms with Crippen LogP contribution in [0.2, 0.25) is 0 Å². The first-order valence-electron chi connectivity index (χ1n) is 7.44. The number of halogens is 1. The van der Waals surface area contributed by atoms with Crippen LogP contribution in [0.3, 0.4) is 0 Å². The summed E-state index contributed by atoms with van der Waals surface area (Å²) in [4.78, 5) is 24.9. The highest BCUT2D eigenvalue weighted by molar-refractivity contribution is 9.10. The summed E-state index contributed by atoms with van der Waals surface area (Å²) in [6.07, 6.45) is 1.98. The summed E-state index contributed by atoms with van der Waals surface area (Å²) in [6, 6.07) is 15.0. The second kappa shape index (κ2) is 7.32. The molecule has 1 N–H and O–H groups in total. The summed E-state index contributed by atoms with van der Waals surface area (Å²) in [5, 5.41) is 2.93. The van der Waals surface area contributed by atoms with Crippen LogP contribution in [-0.2, 0) is 4.79 Å². The molecule has 0 saturated heterocycles. The molecule has 118 valence electrons. The lowest BCUT2D eigenvalue weighted by Gasteiger charge is -2.07. The molecule has 0 spiro atoms. The smallest absolute Gasteiger partial charge is 0.227 e. The van der Waals surface area contributed by atoms with Crippen LogP contribution in [-0.4, -0.2) is 17.4 Å². The fraction of sp³-hybridized carbons (Fsp3) is 0.222. The third-order valence-corrected chi connectivity index (χ3v) is 5.11. The topological polar surface area (TPSA) is 46.2 Å². The predicted molar refractivity (Wildman–Crippen MR) is 97.0 cm³/mol. The van der Waals surface area contributed by atoms with Gasteiger partial charge in [-0.15, -0.1) is 11.8 Å². The van der Waals surface area contributed by atoms with Gasteiger partial charge in [0.25, 0.3) is 0 Å². The van der Waals surface area contributed by atoms with Crippen LogP contribution in [0.1, 0.15) is 23.2 Å². The lowest BCUT2D eigenvalue weighted by Crippen LogP contribution is -2.13. The lowest BCUT2D eigenvalue weighted by atomic mass is 10.2. The molecular formula is C18H16BrNO2S. The third kappa shape index (κ3) is 4.69. The lowest BCUT2D eigenvalue weighted by molar-refractivity contribution is -0.117. The van der Waals surface area contributed by atoms with Crippen molar-refractivity contribution in [3.63, 3.8) is 0 Å². The van der Waals surface area contributed by atoms with Crippen molar-refractivity contribution in [2.24, 2.45) is 5.92 Å². The quantitative estimate of drug-likeness (QED) is 0.571. The molecule has 0 heterocycles. The summed E-state index contributed by atoms with van der Waals surface area (Å²) < 4.78 is 0.959. The van der Waals surface area contributed by atoms with E-state index in [0.29, 0.717) is 11.3 Å². The third-order valence-electron chi connectivity index (χ3n) is 3.59. The molecule has 0 bridgehead atoms. The van der Waals surface area contributed by atoms with Crippen molar-refractivity contribution in [3.8, 4) is 0 Å². The summed E-state index contributed by atoms with van der Waals surface area (Å²) >= 11 is 4.84. The molecule has 0 aliphatic heterocycles. The van der Waals surface area contributed by atoms with E-state index >= 15 is 0 Å². The van der Waals surface area contributed by atoms with Crippen LogP contribution in [0.25, 0.3) is 0 Å². The van der Waals surface area contributed by atoms with E-state index < -0.39 is 0 Å². The maximum atomic E-state index is 12.2. The first kappa shape index (κ1) is 16.3. The molecule has 0 radical (unpaired) electrons. The van der Waals surface area contributed by atoms with E-state index in [9.17, 15) is 9.59 Å². The Morgan fingerprint density at radius 2 is 1.87 bits per heavy atom. The standard InChI is InChI=1S/C18H16BrNO2S/c19-14-8-6-12(7-9-14)17(21)11-23-16-3-1-2-15(10-16)20-18(22)13-4-5-13/h1-3,6-10,13H,4-5,11H2,(H,20,22). The summed E-state index contributed by atoms with van der Waals surface area (Å²) in [7, 11) is 0. The number of amides is 1. The molecule has 1 amide bonds. The zero-order chi connectivity index (χ0) is 16.2. The molecular weight excluding hydrogens is 374 g/mol. The number of carbonyl (C=O) groups is 2. The highest BCUT2D eigenvalue weighted by atomic mass is 79.9. The predicted octanol–water partition coefficient (Wildman–Crippen LogP) is 4.77. The van der Waals surface area contributed by atoms with E-state index in [-0.39, 0.29) is 17.6 Å². The number of benzene rings is 2. The van der Waals surface area contributed by atoms with Crippen molar-refractivity contribution in [1.82, 2.24) is 0 Å². The molecule has 0 aromatic heterocycles. The van der Waals surface area contributed by atoms with Gasteiger partial charge in [-0.05, 0) is 43.2 Å². The van der Waals surface area contributed by atoms with E-state index in [1.165, 1.54) is 11.8 Å². The summed E-state index contributed by atoms with van der Waals surface area (Å²) in [5.41, 5.74) is 1.50. The number of hydrogen-bond donors (Lipinski definition) is 1. The number of Topliss-reactive ketones (excluding diaryl/α,β-unsaturated/α-hetero) is 1. The molecule has 2 aromatic carbocycles. The number of carbonyl (C=O) groups excluding carboxylic acids is 2. The average Bonchev–Trinajstić information content (AvgIpc) is 3.38. The minimum atomic E-state index is 0.0925. The molecule has 1 saturated carbocycles. The van der Waals surface area contributed by atoms with Gasteiger partial charge >= 0.3 is 0 Å². The van der Waals surface area contributed by atoms with Crippen molar-refractivity contribution >= 4 is 45.1 Å². The van der Waals surface area contributed by atoms with Gasteiger partial charge in [-0.25, -0.2) is 0 Å². The van der Waals surface area contributed by atoms with Gasteiger partial charge in [-0.3, -0.25) is 9.59 Å². The van der Waals surface area contributed by atoms with E-state index in [4.69, 9.17) is 0 Å². The maximum absolute atomic E-state index is 12.2. The van der Waals surface area contributed by atoms with E-state index in [1.54, 1.807) is 0 Å². The second-order valence-electron chi connectivity index (χ2n) is 5.51.